The van der Waals surface area contributed by atoms with Crippen molar-refractivity contribution in [2.24, 2.45) is 0 Å². The van der Waals surface area contributed by atoms with Gasteiger partial charge in [0.1, 0.15) is 0 Å². The van der Waals surface area contributed by atoms with E-state index in [9.17, 15) is 9.90 Å². The molecule has 0 unspecified atom stereocenters. The number of carboxylic acid groups (broad SMARTS) is 1. The summed E-state index contributed by atoms with van der Waals surface area (Å²) in [5, 5.41) is 9.88. The molecular weight excluding hydrogens is 260 g/mol. The molecule has 2 aliphatic carbocycles. The van der Waals surface area contributed by atoms with Gasteiger partial charge >= 0.3 is 5.97 Å². The first-order valence-corrected chi connectivity index (χ1v) is 7.27. The van der Waals surface area contributed by atoms with Crippen LogP contribution in [0.2, 0.25) is 5.02 Å². The minimum atomic E-state index is -0.739. The molecule has 1 aromatic carbocycles. The number of carboxylic acids is 1. The van der Waals surface area contributed by atoms with Crippen molar-refractivity contribution in [2.75, 3.05) is 0 Å². The zero-order valence-electron chi connectivity index (χ0n) is 10.8. The van der Waals surface area contributed by atoms with Gasteiger partial charge in [-0.25, -0.2) is 0 Å². The van der Waals surface area contributed by atoms with Gasteiger partial charge in [0.15, 0.2) is 0 Å². The number of hydrogen-bond donors (Lipinski definition) is 1. The van der Waals surface area contributed by atoms with Gasteiger partial charge in [0, 0.05) is 5.02 Å². The lowest BCUT2D eigenvalue weighted by Gasteiger charge is -2.09. The average Bonchev–Trinajstić information content (AvgIpc) is 2.98. The fourth-order valence-electron chi connectivity index (χ4n) is 3.21. The second-order valence-electron chi connectivity index (χ2n) is 5.51. The van der Waals surface area contributed by atoms with Gasteiger partial charge in [-0.1, -0.05) is 23.3 Å². The van der Waals surface area contributed by atoms with Gasteiger partial charge < -0.3 is 5.11 Å². The van der Waals surface area contributed by atoms with Crippen LogP contribution in [0.3, 0.4) is 0 Å². The molecule has 0 heterocycles. The molecule has 1 saturated carbocycles. The lowest BCUT2D eigenvalue weighted by molar-refractivity contribution is -0.138. The average molecular weight is 277 g/mol. The summed E-state index contributed by atoms with van der Waals surface area (Å²) in [5.41, 5.74) is 4.59. The van der Waals surface area contributed by atoms with Crippen molar-refractivity contribution in [2.45, 2.75) is 44.4 Å². The molecule has 1 fully saturated rings. The lowest BCUT2D eigenvalue weighted by Crippen LogP contribution is -2.07. The number of halogens is 1. The summed E-state index contributed by atoms with van der Waals surface area (Å²) in [6.45, 7) is 0. The predicted molar refractivity (Wildman–Crippen MR) is 76.6 cm³/mol. The topological polar surface area (TPSA) is 37.3 Å². The first-order valence-electron chi connectivity index (χ1n) is 6.90. The summed E-state index contributed by atoms with van der Waals surface area (Å²) in [6.07, 6.45) is 8.63. The normalized spacial score (nSPS) is 21.5. The molecule has 0 spiro atoms. The summed E-state index contributed by atoms with van der Waals surface area (Å²) in [7, 11) is 0. The van der Waals surface area contributed by atoms with E-state index >= 15 is 0 Å². The highest BCUT2D eigenvalue weighted by Crippen LogP contribution is 2.38. The Morgan fingerprint density at radius 1 is 1.26 bits per heavy atom. The van der Waals surface area contributed by atoms with E-state index in [1.165, 1.54) is 31.3 Å². The maximum atomic E-state index is 11.2. The summed E-state index contributed by atoms with van der Waals surface area (Å²) in [4.78, 5) is 11.2. The van der Waals surface area contributed by atoms with Gasteiger partial charge in [0.05, 0.1) is 5.92 Å². The van der Waals surface area contributed by atoms with E-state index in [1.54, 1.807) is 0 Å². The molecule has 19 heavy (non-hydrogen) atoms. The number of aliphatic carboxylic acids is 1. The van der Waals surface area contributed by atoms with Crippen LogP contribution >= 0.6 is 11.6 Å². The van der Waals surface area contributed by atoms with Crippen molar-refractivity contribution in [1.29, 1.82) is 0 Å². The molecular formula is C16H17ClO2. The largest absolute Gasteiger partial charge is 0.481 e. The highest BCUT2D eigenvalue weighted by atomic mass is 35.5. The number of allylic oxidation sites excluding steroid dienone is 1. The van der Waals surface area contributed by atoms with Gasteiger partial charge in [-0.3, -0.25) is 4.79 Å². The minimum absolute atomic E-state index is 0.374. The molecule has 3 rings (SSSR count). The van der Waals surface area contributed by atoms with E-state index in [0.717, 1.165) is 23.1 Å². The van der Waals surface area contributed by atoms with Gasteiger partial charge in [-0.2, -0.15) is 0 Å². The van der Waals surface area contributed by atoms with Crippen molar-refractivity contribution < 1.29 is 9.90 Å². The van der Waals surface area contributed by atoms with Crippen LogP contribution in [0.25, 0.3) is 6.08 Å². The van der Waals surface area contributed by atoms with Crippen LogP contribution in [-0.4, -0.2) is 11.1 Å². The van der Waals surface area contributed by atoms with Crippen molar-refractivity contribution in [1.82, 2.24) is 0 Å². The second kappa shape index (κ2) is 5.01. The highest BCUT2D eigenvalue weighted by Gasteiger charge is 2.29. The summed E-state index contributed by atoms with van der Waals surface area (Å²) in [6, 6.07) is 3.95. The van der Waals surface area contributed by atoms with Crippen molar-refractivity contribution in [3.05, 3.63) is 39.4 Å². The van der Waals surface area contributed by atoms with E-state index in [-0.39, 0.29) is 5.92 Å². The summed E-state index contributed by atoms with van der Waals surface area (Å²) >= 11 is 6.32. The summed E-state index contributed by atoms with van der Waals surface area (Å²) in [5.74, 6) is -1.11. The Bertz CT molecular complexity index is 552. The molecule has 1 atom stereocenters. The van der Waals surface area contributed by atoms with E-state index in [0.29, 0.717) is 11.4 Å². The Morgan fingerprint density at radius 3 is 2.68 bits per heavy atom. The first-order chi connectivity index (χ1) is 9.15. The molecule has 3 heteroatoms. The molecule has 100 valence electrons. The quantitative estimate of drug-likeness (QED) is 0.869. The maximum absolute atomic E-state index is 11.2. The fraction of sp³-hybridized carbons (Fsp3) is 0.438. The molecule has 0 saturated heterocycles. The number of aryl methyl sites for hydroxylation is 1. The number of benzene rings is 1. The van der Waals surface area contributed by atoms with Crippen LogP contribution in [0.4, 0.5) is 0 Å². The predicted octanol–water partition coefficient (Wildman–Crippen LogP) is 4.41. The number of rotatable bonds is 2. The van der Waals surface area contributed by atoms with Gasteiger partial charge in [0.2, 0.25) is 0 Å². The van der Waals surface area contributed by atoms with E-state index in [1.807, 2.05) is 6.07 Å². The number of carbonyl (C=O) groups is 1. The number of fused-ring (bicyclic) bond motifs is 1. The molecule has 2 aliphatic rings. The van der Waals surface area contributed by atoms with E-state index in [2.05, 4.69) is 12.1 Å². The van der Waals surface area contributed by atoms with Crippen molar-refractivity contribution in [3.63, 3.8) is 0 Å². The fourth-order valence-corrected chi connectivity index (χ4v) is 3.44. The van der Waals surface area contributed by atoms with Crippen molar-refractivity contribution >= 4 is 23.6 Å². The third-order valence-corrected chi connectivity index (χ3v) is 4.57. The zero-order valence-corrected chi connectivity index (χ0v) is 11.5. The molecule has 1 N–H and O–H groups in total. The molecule has 0 amide bonds. The third-order valence-electron chi connectivity index (χ3n) is 4.24. The maximum Gasteiger partial charge on any atom is 0.310 e. The lowest BCUT2D eigenvalue weighted by atomic mass is 9.99. The molecule has 1 aromatic rings. The minimum Gasteiger partial charge on any atom is -0.481 e. The first kappa shape index (κ1) is 12.7. The standard InChI is InChI=1S/C16H17ClO2/c17-15-9-14-11(5-6-13(14)16(18)19)8-12(15)7-10-3-1-2-4-10/h7-9,13H,1-6H2,(H,18,19)/t13-/m1/s1. The Morgan fingerprint density at radius 2 is 2.00 bits per heavy atom. The molecule has 0 aliphatic heterocycles. The molecule has 0 bridgehead atoms. The Kier molecular flexibility index (Phi) is 3.36. The second-order valence-corrected chi connectivity index (χ2v) is 5.92. The van der Waals surface area contributed by atoms with Crippen LogP contribution in [-0.2, 0) is 11.2 Å². The van der Waals surface area contributed by atoms with Crippen LogP contribution in [0, 0.1) is 0 Å². The molecule has 0 aromatic heterocycles. The van der Waals surface area contributed by atoms with E-state index < -0.39 is 5.97 Å². The zero-order chi connectivity index (χ0) is 13.4. The van der Waals surface area contributed by atoms with E-state index in [4.69, 9.17) is 11.6 Å². The van der Waals surface area contributed by atoms with Crippen LogP contribution in [0.5, 0.6) is 0 Å². The SMILES string of the molecule is O=C(O)[C@@H]1CCc2cc(C=C3CCCC3)c(Cl)cc21. The van der Waals surface area contributed by atoms with Gasteiger partial charge in [-0.15, -0.1) is 0 Å². The van der Waals surface area contributed by atoms with Gasteiger partial charge in [-0.05, 0) is 67.3 Å². The highest BCUT2D eigenvalue weighted by molar-refractivity contribution is 6.32. The van der Waals surface area contributed by atoms with Crippen LogP contribution in [0.1, 0.15) is 54.7 Å². The van der Waals surface area contributed by atoms with Crippen molar-refractivity contribution in [3.8, 4) is 0 Å². The Labute approximate surface area is 118 Å². The van der Waals surface area contributed by atoms with Gasteiger partial charge in [0.25, 0.3) is 0 Å². The molecule has 2 nitrogen and oxygen atoms in total. The van der Waals surface area contributed by atoms with Crippen LogP contribution < -0.4 is 0 Å². The van der Waals surface area contributed by atoms with Crippen LogP contribution in [0.15, 0.2) is 17.7 Å². The number of hydrogen-bond acceptors (Lipinski definition) is 1. The Hall–Kier alpha value is -1.28. The third kappa shape index (κ3) is 2.42. The summed E-state index contributed by atoms with van der Waals surface area (Å²) < 4.78 is 0. The monoisotopic (exact) mass is 276 g/mol. The Balaban J connectivity index is 1.97. The smallest absolute Gasteiger partial charge is 0.310 e. The molecule has 0 radical (unpaired) electrons.